The number of benzene rings is 1. The van der Waals surface area contributed by atoms with Crippen molar-refractivity contribution in [2.45, 2.75) is 32.7 Å². The molecule has 4 aromatic heterocycles. The van der Waals surface area contributed by atoms with Gasteiger partial charge in [0, 0.05) is 37.9 Å². The Balaban J connectivity index is 1.78. The number of amides is 1. The van der Waals surface area contributed by atoms with E-state index in [1.165, 1.54) is 16.5 Å². The predicted molar refractivity (Wildman–Crippen MR) is 153 cm³/mol. The third-order valence-corrected chi connectivity index (χ3v) is 7.62. The lowest BCUT2D eigenvalue weighted by molar-refractivity contribution is -0.126. The number of halogens is 2. The lowest BCUT2D eigenvalue weighted by Crippen LogP contribution is -2.54. The fourth-order valence-corrected chi connectivity index (χ4v) is 5.68. The first-order valence-corrected chi connectivity index (χ1v) is 13.3. The smallest absolute Gasteiger partial charge is 0.356 e. The molecule has 0 radical (unpaired) electrons. The molecule has 1 saturated heterocycles. The van der Waals surface area contributed by atoms with Crippen LogP contribution >= 0.6 is 11.6 Å². The number of rotatable bonds is 3. The number of pyridine rings is 2. The Hall–Kier alpha value is -4.31. The van der Waals surface area contributed by atoms with Crippen molar-refractivity contribution in [2.24, 2.45) is 0 Å². The molecule has 1 atom stereocenters. The third-order valence-electron chi connectivity index (χ3n) is 7.31. The summed E-state index contributed by atoms with van der Waals surface area (Å²) in [6.07, 6.45) is 2.89. The molecule has 204 valence electrons. The molecule has 2 bridgehead atoms. The van der Waals surface area contributed by atoms with Crippen molar-refractivity contribution in [2.75, 3.05) is 24.5 Å². The summed E-state index contributed by atoms with van der Waals surface area (Å²) < 4.78 is 23.6. The van der Waals surface area contributed by atoms with Crippen molar-refractivity contribution in [3.63, 3.8) is 0 Å². The van der Waals surface area contributed by atoms with Gasteiger partial charge in [0.25, 0.3) is 0 Å². The van der Waals surface area contributed by atoms with E-state index < -0.39 is 11.5 Å². The SMILES string of the molecule is C=CC(=O)N1CCN(c2nc(=O)n3c4nc(c(F)cc24)c2c(Cl)cccc2oc2ccnc(C(C)C)c23)[C@@H](C)C1. The molecule has 9 nitrogen and oxygen atoms in total. The molecule has 0 spiro atoms. The second kappa shape index (κ2) is 9.71. The lowest BCUT2D eigenvalue weighted by atomic mass is 10.1. The molecule has 1 fully saturated rings. The normalized spacial score (nSPS) is 16.0. The van der Waals surface area contributed by atoms with E-state index in [0.29, 0.717) is 53.2 Å². The molecule has 0 aliphatic carbocycles. The second-order valence-electron chi connectivity index (χ2n) is 10.2. The Morgan fingerprint density at radius 3 is 2.75 bits per heavy atom. The fraction of sp³-hybridized carbons (Fsp3) is 0.276. The quantitative estimate of drug-likeness (QED) is 0.278. The van der Waals surface area contributed by atoms with Crippen molar-refractivity contribution in [1.82, 2.24) is 24.3 Å². The topological polar surface area (TPSA) is 96.8 Å². The largest absolute Gasteiger partial charge is 0.454 e. The Labute approximate surface area is 233 Å². The minimum absolute atomic E-state index is 0.0419. The van der Waals surface area contributed by atoms with E-state index in [1.54, 1.807) is 35.4 Å². The van der Waals surface area contributed by atoms with Crippen molar-refractivity contribution >= 4 is 61.9 Å². The molecule has 5 aromatic rings. The maximum absolute atomic E-state index is 16.0. The van der Waals surface area contributed by atoms with Crippen molar-refractivity contribution in [3.05, 3.63) is 76.2 Å². The Morgan fingerprint density at radius 2 is 2.02 bits per heavy atom. The van der Waals surface area contributed by atoms with E-state index in [4.69, 9.17) is 21.0 Å². The summed E-state index contributed by atoms with van der Waals surface area (Å²) in [6, 6.07) is 7.81. The molecule has 0 unspecified atom stereocenters. The standard InChI is InChI=1S/C29H26ClFN6O3/c1-5-22(38)35-11-12-36(16(4)14-35)27-17-13-19(31)25-23-18(30)7-6-8-20(23)40-21-9-10-32-24(15(2)3)26(21)37(28(17)33-25)29(39)34-27/h5-10,13,15-16H,1,11-12,14H2,2-4H3/t16-/m0/s1. The molecule has 40 heavy (non-hydrogen) atoms. The summed E-state index contributed by atoms with van der Waals surface area (Å²) in [5, 5.41) is 0.877. The maximum Gasteiger partial charge on any atom is 0.356 e. The van der Waals surface area contributed by atoms with E-state index >= 15 is 4.39 Å². The number of aromatic nitrogens is 4. The zero-order valence-corrected chi connectivity index (χ0v) is 22.9. The zero-order chi connectivity index (χ0) is 28.3. The number of carbonyl (C=O) groups is 1. The number of piperazine rings is 1. The highest BCUT2D eigenvalue weighted by molar-refractivity contribution is 6.36. The van der Waals surface area contributed by atoms with Gasteiger partial charge in [-0.1, -0.05) is 38.1 Å². The average Bonchev–Trinajstić information content (AvgIpc) is 2.98. The van der Waals surface area contributed by atoms with E-state index in [2.05, 4.69) is 16.5 Å². The second-order valence-corrected chi connectivity index (χ2v) is 10.6. The van der Waals surface area contributed by atoms with Crippen LogP contribution in [0.5, 0.6) is 0 Å². The number of fused-ring (bicyclic) bond motifs is 5. The lowest BCUT2D eigenvalue weighted by Gasteiger charge is -2.40. The van der Waals surface area contributed by atoms with Gasteiger partial charge in [0.1, 0.15) is 22.4 Å². The summed E-state index contributed by atoms with van der Waals surface area (Å²) in [7, 11) is 0. The monoisotopic (exact) mass is 560 g/mol. The van der Waals surface area contributed by atoms with Gasteiger partial charge in [0.05, 0.1) is 21.5 Å². The average molecular weight is 561 g/mol. The van der Waals surface area contributed by atoms with Crippen LogP contribution in [0, 0.1) is 5.82 Å². The molecule has 5 heterocycles. The van der Waals surface area contributed by atoms with Crippen molar-refractivity contribution in [3.8, 4) is 0 Å². The van der Waals surface area contributed by atoms with Gasteiger partial charge < -0.3 is 14.2 Å². The highest BCUT2D eigenvalue weighted by Gasteiger charge is 2.30. The zero-order valence-electron chi connectivity index (χ0n) is 22.2. The van der Waals surface area contributed by atoms with Crippen molar-refractivity contribution in [1.29, 1.82) is 0 Å². The van der Waals surface area contributed by atoms with E-state index in [1.807, 2.05) is 25.7 Å². The first-order valence-electron chi connectivity index (χ1n) is 13.0. The van der Waals surface area contributed by atoms with Crippen LogP contribution in [0.1, 0.15) is 32.4 Å². The van der Waals surface area contributed by atoms with Crippen molar-refractivity contribution < 1.29 is 13.6 Å². The number of anilines is 1. The van der Waals surface area contributed by atoms with Gasteiger partial charge in [-0.15, -0.1) is 0 Å². The maximum atomic E-state index is 16.0. The van der Waals surface area contributed by atoms with Crippen LogP contribution < -0.4 is 10.6 Å². The molecule has 11 heteroatoms. The van der Waals surface area contributed by atoms with Crippen LogP contribution in [-0.4, -0.2) is 55.8 Å². The summed E-state index contributed by atoms with van der Waals surface area (Å²) >= 11 is 6.58. The Kier molecular flexibility index (Phi) is 6.29. The van der Waals surface area contributed by atoms with Gasteiger partial charge >= 0.3 is 5.69 Å². The summed E-state index contributed by atoms with van der Waals surface area (Å²) in [4.78, 5) is 43.5. The van der Waals surface area contributed by atoms with E-state index in [0.717, 1.165) is 0 Å². The van der Waals surface area contributed by atoms with Crippen LogP contribution in [0.4, 0.5) is 10.2 Å². The molecular formula is C29H26ClFN6O3. The summed E-state index contributed by atoms with van der Waals surface area (Å²) in [5.74, 6) is -0.602. The summed E-state index contributed by atoms with van der Waals surface area (Å²) in [6.45, 7) is 10.6. The molecule has 1 aromatic carbocycles. The highest BCUT2D eigenvalue weighted by atomic mass is 35.5. The third kappa shape index (κ3) is 4.02. The van der Waals surface area contributed by atoms with Crippen LogP contribution in [0.2, 0.25) is 5.02 Å². The minimum Gasteiger partial charge on any atom is -0.454 e. The van der Waals surface area contributed by atoms with Gasteiger partial charge in [0.2, 0.25) is 5.91 Å². The number of hydrogen-bond acceptors (Lipinski definition) is 7. The van der Waals surface area contributed by atoms with E-state index in [-0.39, 0.29) is 39.4 Å². The predicted octanol–water partition coefficient (Wildman–Crippen LogP) is 5.24. The van der Waals surface area contributed by atoms with Gasteiger partial charge in [-0.2, -0.15) is 4.98 Å². The first kappa shape index (κ1) is 25.9. The van der Waals surface area contributed by atoms with Crippen LogP contribution in [0.3, 0.4) is 0 Å². The fourth-order valence-electron chi connectivity index (χ4n) is 5.42. The minimum atomic E-state index is -0.639. The Bertz CT molecular complexity index is 1950. The molecule has 0 N–H and O–H groups in total. The van der Waals surface area contributed by atoms with Gasteiger partial charge in [-0.25, -0.2) is 18.6 Å². The molecule has 0 saturated carbocycles. The van der Waals surface area contributed by atoms with Crippen LogP contribution in [0.25, 0.3) is 38.6 Å². The molecule has 1 aliphatic heterocycles. The number of nitrogens with zero attached hydrogens (tertiary/aromatic N) is 6. The molecule has 1 aliphatic rings. The summed E-state index contributed by atoms with van der Waals surface area (Å²) in [5.41, 5.74) is 1.18. The number of hydrogen-bond donors (Lipinski definition) is 0. The number of carbonyl (C=O) groups excluding carboxylic acids is 1. The van der Waals surface area contributed by atoms with Gasteiger partial charge in [-0.3, -0.25) is 9.78 Å². The molecule has 6 rings (SSSR count). The van der Waals surface area contributed by atoms with Gasteiger partial charge in [0.15, 0.2) is 17.0 Å². The molecule has 1 amide bonds. The Morgan fingerprint density at radius 1 is 1.23 bits per heavy atom. The van der Waals surface area contributed by atoms with Crippen LogP contribution in [-0.2, 0) is 4.79 Å². The van der Waals surface area contributed by atoms with Crippen LogP contribution in [0.15, 0.2) is 58.4 Å². The first-order chi connectivity index (χ1) is 19.2. The van der Waals surface area contributed by atoms with E-state index in [9.17, 15) is 9.59 Å². The molecular weight excluding hydrogens is 535 g/mol. The highest BCUT2D eigenvalue weighted by Crippen LogP contribution is 2.34. The van der Waals surface area contributed by atoms with Gasteiger partial charge in [-0.05, 0) is 37.1 Å².